The quantitative estimate of drug-likeness (QED) is 0.750. The molecule has 0 radical (unpaired) electrons. The second-order valence-electron chi connectivity index (χ2n) is 6.15. The van der Waals surface area contributed by atoms with Gasteiger partial charge < -0.3 is 15.5 Å². The van der Waals surface area contributed by atoms with E-state index in [1.54, 1.807) is 16.6 Å². The van der Waals surface area contributed by atoms with Crippen molar-refractivity contribution in [1.82, 2.24) is 19.5 Å². The number of carbonyl (C=O) groups is 1. The number of fused-ring (bicyclic) bond motifs is 1. The average Bonchev–Trinajstić information content (AvgIpc) is 3.22. The van der Waals surface area contributed by atoms with Crippen LogP contribution in [0.2, 0.25) is 0 Å². The van der Waals surface area contributed by atoms with Crippen molar-refractivity contribution in [3.05, 3.63) is 36.3 Å². The molecule has 4 rings (SSSR count). The van der Waals surface area contributed by atoms with E-state index in [0.29, 0.717) is 26.1 Å². The highest BCUT2D eigenvalue weighted by Gasteiger charge is 2.23. The van der Waals surface area contributed by atoms with Gasteiger partial charge in [-0.25, -0.2) is 13.9 Å². The lowest BCUT2D eigenvalue weighted by Gasteiger charge is -2.34. The van der Waals surface area contributed by atoms with E-state index in [4.69, 9.17) is 5.73 Å². The van der Waals surface area contributed by atoms with E-state index in [-0.39, 0.29) is 11.7 Å². The van der Waals surface area contributed by atoms with Crippen molar-refractivity contribution in [2.45, 2.75) is 6.42 Å². The largest absolute Gasteiger partial charge is 0.343 e. The lowest BCUT2D eigenvalue weighted by atomic mass is 10.2. The van der Waals surface area contributed by atoms with Crippen LogP contribution in [0.15, 0.2) is 30.5 Å². The number of hydrogen-bond acceptors (Lipinski definition) is 6. The maximum absolute atomic E-state index is 13.1. The Morgan fingerprint density at radius 3 is 2.58 bits per heavy atom. The molecule has 0 atom stereocenters. The third kappa shape index (κ3) is 3.27. The minimum atomic E-state index is -0.265. The maximum Gasteiger partial charge on any atom is 0.223 e. The number of rotatable bonds is 4. The zero-order chi connectivity index (χ0) is 18.1. The third-order valence-corrected chi connectivity index (χ3v) is 5.42. The van der Waals surface area contributed by atoms with E-state index in [9.17, 15) is 9.18 Å². The molecule has 0 saturated carbocycles. The molecule has 0 aliphatic carbocycles. The predicted octanol–water partition coefficient (Wildman–Crippen LogP) is 1.59. The van der Waals surface area contributed by atoms with Gasteiger partial charge in [-0.2, -0.15) is 0 Å². The van der Waals surface area contributed by atoms with Gasteiger partial charge in [-0.15, -0.1) is 5.10 Å². The Morgan fingerprint density at radius 2 is 1.92 bits per heavy atom. The Morgan fingerprint density at radius 1 is 1.19 bits per heavy atom. The third-order valence-electron chi connectivity index (χ3n) is 4.43. The van der Waals surface area contributed by atoms with E-state index >= 15 is 0 Å². The van der Waals surface area contributed by atoms with Gasteiger partial charge in [0.1, 0.15) is 5.82 Å². The molecule has 1 aliphatic heterocycles. The number of carbonyl (C=O) groups excluding carboxylic acids is 1. The van der Waals surface area contributed by atoms with Crippen molar-refractivity contribution < 1.29 is 9.18 Å². The molecule has 2 aromatic heterocycles. The first-order valence-corrected chi connectivity index (χ1v) is 9.30. The fraction of sp³-hybridized carbons (Fsp3) is 0.353. The van der Waals surface area contributed by atoms with E-state index in [2.05, 4.69) is 15.0 Å². The summed E-state index contributed by atoms with van der Waals surface area (Å²) in [7, 11) is 0. The molecule has 2 N–H and O–H groups in total. The van der Waals surface area contributed by atoms with Gasteiger partial charge in [-0.05, 0) is 24.3 Å². The molecule has 1 fully saturated rings. The first-order chi connectivity index (χ1) is 12.6. The van der Waals surface area contributed by atoms with E-state index in [1.165, 1.54) is 23.5 Å². The van der Waals surface area contributed by atoms with Gasteiger partial charge >= 0.3 is 0 Å². The molecule has 26 heavy (non-hydrogen) atoms. The minimum absolute atomic E-state index is 0.116. The molecule has 1 saturated heterocycles. The predicted molar refractivity (Wildman–Crippen MR) is 98.7 cm³/mol. The number of amides is 1. The molecule has 9 heteroatoms. The number of benzene rings is 1. The molecule has 1 aromatic carbocycles. The fourth-order valence-electron chi connectivity index (χ4n) is 3.01. The van der Waals surface area contributed by atoms with Crippen LogP contribution in [0.25, 0.3) is 16.2 Å². The standard InChI is InChI=1S/C17H19FN6OS/c18-13-3-1-12(2-4-13)14-11-24-16(20-14)26-17(21-24)23-9-7-22(8-10-23)15(25)5-6-19/h1-4,11H,5-10,19H2. The van der Waals surface area contributed by atoms with Crippen molar-refractivity contribution in [3.8, 4) is 11.3 Å². The van der Waals surface area contributed by atoms with E-state index < -0.39 is 0 Å². The number of hydrogen-bond donors (Lipinski definition) is 1. The molecule has 0 spiro atoms. The summed E-state index contributed by atoms with van der Waals surface area (Å²) >= 11 is 1.51. The molecule has 0 bridgehead atoms. The summed E-state index contributed by atoms with van der Waals surface area (Å²) in [5.74, 6) is -0.149. The maximum atomic E-state index is 13.1. The number of halogens is 1. The van der Waals surface area contributed by atoms with Gasteiger partial charge in [-0.3, -0.25) is 4.79 Å². The van der Waals surface area contributed by atoms with Crippen LogP contribution in [0.3, 0.4) is 0 Å². The number of piperazine rings is 1. The van der Waals surface area contributed by atoms with Crippen LogP contribution >= 0.6 is 11.3 Å². The molecular weight excluding hydrogens is 355 g/mol. The highest BCUT2D eigenvalue weighted by atomic mass is 32.1. The minimum Gasteiger partial charge on any atom is -0.343 e. The van der Waals surface area contributed by atoms with Crippen molar-refractivity contribution in [2.75, 3.05) is 37.6 Å². The van der Waals surface area contributed by atoms with Crippen LogP contribution in [-0.2, 0) is 4.79 Å². The fourth-order valence-corrected chi connectivity index (χ4v) is 3.94. The topological polar surface area (TPSA) is 79.8 Å². The monoisotopic (exact) mass is 374 g/mol. The van der Waals surface area contributed by atoms with Crippen molar-refractivity contribution in [2.24, 2.45) is 5.73 Å². The lowest BCUT2D eigenvalue weighted by Crippen LogP contribution is -2.49. The molecular formula is C17H19FN6OS. The SMILES string of the molecule is NCCC(=O)N1CCN(c2nn3cc(-c4ccc(F)cc4)nc3s2)CC1. The summed E-state index contributed by atoms with van der Waals surface area (Å²) in [5.41, 5.74) is 7.08. The zero-order valence-corrected chi connectivity index (χ0v) is 15.0. The molecule has 7 nitrogen and oxygen atoms in total. The van der Waals surface area contributed by atoms with E-state index in [1.807, 2.05) is 11.1 Å². The van der Waals surface area contributed by atoms with Gasteiger partial charge in [0.15, 0.2) is 0 Å². The van der Waals surface area contributed by atoms with Gasteiger partial charge in [0.2, 0.25) is 16.0 Å². The smallest absolute Gasteiger partial charge is 0.223 e. The lowest BCUT2D eigenvalue weighted by molar-refractivity contribution is -0.131. The Kier molecular flexibility index (Phi) is 4.56. The Bertz CT molecular complexity index is 882. The highest BCUT2D eigenvalue weighted by Crippen LogP contribution is 2.27. The van der Waals surface area contributed by atoms with Gasteiger partial charge in [0.25, 0.3) is 0 Å². The Hall–Kier alpha value is -2.52. The number of aromatic nitrogens is 3. The first-order valence-electron chi connectivity index (χ1n) is 8.49. The molecule has 1 amide bonds. The van der Waals surface area contributed by atoms with Crippen LogP contribution in [0.1, 0.15) is 6.42 Å². The average molecular weight is 374 g/mol. The highest BCUT2D eigenvalue weighted by molar-refractivity contribution is 7.20. The first kappa shape index (κ1) is 16.9. The molecule has 136 valence electrons. The summed E-state index contributed by atoms with van der Waals surface area (Å²) in [5, 5.41) is 5.50. The van der Waals surface area contributed by atoms with Crippen molar-refractivity contribution >= 4 is 27.3 Å². The summed E-state index contributed by atoms with van der Waals surface area (Å²) in [6.45, 7) is 3.25. The summed E-state index contributed by atoms with van der Waals surface area (Å²) in [6.07, 6.45) is 2.25. The summed E-state index contributed by atoms with van der Waals surface area (Å²) in [4.78, 5) is 21.3. The van der Waals surface area contributed by atoms with Crippen molar-refractivity contribution in [3.63, 3.8) is 0 Å². The van der Waals surface area contributed by atoms with Gasteiger partial charge in [0, 0.05) is 44.7 Å². The van der Waals surface area contributed by atoms with Crippen molar-refractivity contribution in [1.29, 1.82) is 0 Å². The van der Waals surface area contributed by atoms with Crippen LogP contribution in [-0.4, -0.2) is 58.1 Å². The summed E-state index contributed by atoms with van der Waals surface area (Å²) in [6, 6.07) is 6.26. The molecule has 3 aromatic rings. The normalized spacial score (nSPS) is 15.0. The van der Waals surface area contributed by atoms with Crippen LogP contribution < -0.4 is 10.6 Å². The van der Waals surface area contributed by atoms with Crippen LogP contribution in [0, 0.1) is 5.82 Å². The Balaban J connectivity index is 1.46. The zero-order valence-electron chi connectivity index (χ0n) is 14.1. The Labute approximate surface area is 153 Å². The van der Waals surface area contributed by atoms with Crippen LogP contribution in [0.4, 0.5) is 9.52 Å². The molecule has 0 unspecified atom stereocenters. The second kappa shape index (κ2) is 7.00. The number of anilines is 1. The number of nitrogens with zero attached hydrogens (tertiary/aromatic N) is 5. The van der Waals surface area contributed by atoms with E-state index in [0.717, 1.165) is 34.4 Å². The van der Waals surface area contributed by atoms with Crippen LogP contribution in [0.5, 0.6) is 0 Å². The summed E-state index contributed by atoms with van der Waals surface area (Å²) < 4.78 is 14.8. The van der Waals surface area contributed by atoms with Gasteiger partial charge in [0.05, 0.1) is 11.9 Å². The molecule has 3 heterocycles. The number of imidazole rings is 1. The second-order valence-corrected chi connectivity index (χ2v) is 7.09. The molecule has 1 aliphatic rings. The number of nitrogens with two attached hydrogens (primary N) is 1. The van der Waals surface area contributed by atoms with Gasteiger partial charge in [-0.1, -0.05) is 11.3 Å².